The Morgan fingerprint density at radius 3 is 2.76 bits per heavy atom. The number of hydrogen-bond acceptors (Lipinski definition) is 3. The molecule has 1 aliphatic heterocycles. The maximum Gasteiger partial charge on any atom is 0.188 e. The summed E-state index contributed by atoms with van der Waals surface area (Å²) in [5.74, 6) is 0.623. The van der Waals surface area contributed by atoms with E-state index in [0.717, 1.165) is 6.42 Å². The van der Waals surface area contributed by atoms with Gasteiger partial charge in [-0.3, -0.25) is 4.67 Å². The molecular formula is C12H22NOPS2. The van der Waals surface area contributed by atoms with Gasteiger partial charge < -0.3 is 4.52 Å². The Morgan fingerprint density at radius 2 is 2.24 bits per heavy atom. The Kier molecular flexibility index (Phi) is 3.85. The Balaban J connectivity index is 2.18. The summed E-state index contributed by atoms with van der Waals surface area (Å²) in [7, 11) is 4.09. The van der Waals surface area contributed by atoms with Gasteiger partial charge in [-0.1, -0.05) is 23.5 Å². The van der Waals surface area contributed by atoms with Gasteiger partial charge in [0.15, 0.2) is 5.62 Å². The molecule has 5 heteroatoms. The van der Waals surface area contributed by atoms with Crippen LogP contribution in [0.5, 0.6) is 0 Å². The molecule has 1 heterocycles. The van der Waals surface area contributed by atoms with Crippen LogP contribution in [0, 0.1) is 5.92 Å². The third kappa shape index (κ3) is 2.52. The quantitative estimate of drug-likeness (QED) is 0.562. The highest BCUT2D eigenvalue weighted by atomic mass is 32.9. The molecule has 0 bridgehead atoms. The van der Waals surface area contributed by atoms with Gasteiger partial charge in [0.1, 0.15) is 0 Å². The molecule has 0 aromatic heterocycles. The predicted octanol–water partition coefficient (Wildman–Crippen LogP) is 4.04. The molecule has 2 fully saturated rings. The van der Waals surface area contributed by atoms with Gasteiger partial charge in [0.05, 0.1) is 6.10 Å². The molecule has 1 saturated carbocycles. The zero-order valence-electron chi connectivity index (χ0n) is 11.1. The number of fused-ring (bicyclic) bond motifs is 1. The maximum absolute atomic E-state index is 6.27. The van der Waals surface area contributed by atoms with Crippen molar-refractivity contribution in [2.24, 2.45) is 5.92 Å². The van der Waals surface area contributed by atoms with Crippen molar-refractivity contribution in [1.82, 2.24) is 4.67 Å². The summed E-state index contributed by atoms with van der Waals surface area (Å²) < 4.78 is 8.62. The molecule has 0 N–H and O–H groups in total. The molecule has 0 amide bonds. The fourth-order valence-electron chi connectivity index (χ4n) is 2.58. The van der Waals surface area contributed by atoms with E-state index in [1.165, 1.54) is 18.4 Å². The van der Waals surface area contributed by atoms with E-state index in [1.807, 2.05) is 25.5 Å². The van der Waals surface area contributed by atoms with Gasteiger partial charge in [0.25, 0.3) is 0 Å². The molecule has 0 aromatic carbocycles. The average Bonchev–Trinajstić information content (AvgIpc) is 2.48. The summed E-state index contributed by atoms with van der Waals surface area (Å²) in [6.45, 7) is 8.56. The van der Waals surface area contributed by atoms with Crippen molar-refractivity contribution < 1.29 is 4.52 Å². The van der Waals surface area contributed by atoms with Crippen LogP contribution in [0.2, 0.25) is 0 Å². The Labute approximate surface area is 114 Å². The van der Waals surface area contributed by atoms with Crippen LogP contribution in [-0.2, 0) is 16.3 Å². The van der Waals surface area contributed by atoms with Crippen molar-refractivity contribution in [3.05, 3.63) is 12.2 Å². The topological polar surface area (TPSA) is 12.5 Å². The zero-order chi connectivity index (χ0) is 12.8. The van der Waals surface area contributed by atoms with Crippen molar-refractivity contribution in [3.8, 4) is 0 Å². The van der Waals surface area contributed by atoms with E-state index in [-0.39, 0.29) is 4.75 Å². The summed E-state index contributed by atoms with van der Waals surface area (Å²) in [5.41, 5.74) is -0.519. The number of allylic oxidation sites excluding steroid dienone is 1. The zero-order valence-corrected chi connectivity index (χ0v) is 13.6. The fraction of sp³-hybridized carbons (Fsp3) is 0.833. The summed E-state index contributed by atoms with van der Waals surface area (Å²) in [6, 6.07) is 0. The van der Waals surface area contributed by atoms with Gasteiger partial charge in [-0.15, -0.1) is 0 Å². The number of hydrogen-bond donors (Lipinski definition) is 0. The van der Waals surface area contributed by atoms with Crippen LogP contribution in [0.15, 0.2) is 12.2 Å². The smallest absolute Gasteiger partial charge is 0.188 e. The van der Waals surface area contributed by atoms with E-state index < -0.39 is 5.62 Å². The van der Waals surface area contributed by atoms with Gasteiger partial charge >= 0.3 is 0 Å². The lowest BCUT2D eigenvalue weighted by atomic mass is 9.77. The molecule has 2 aliphatic rings. The first-order valence-electron chi connectivity index (χ1n) is 6.09. The highest BCUT2D eigenvalue weighted by Gasteiger charge is 2.53. The van der Waals surface area contributed by atoms with Gasteiger partial charge in [0, 0.05) is 4.75 Å². The van der Waals surface area contributed by atoms with Gasteiger partial charge in [0.2, 0.25) is 0 Å². The normalized spacial score (nSPS) is 45.9. The third-order valence-corrected chi connectivity index (χ3v) is 11.6. The molecule has 17 heavy (non-hydrogen) atoms. The molecule has 0 aromatic rings. The lowest BCUT2D eigenvalue weighted by molar-refractivity contribution is 0.122. The second-order valence-electron chi connectivity index (χ2n) is 5.63. The van der Waals surface area contributed by atoms with Crippen molar-refractivity contribution in [2.45, 2.75) is 44.0 Å². The number of rotatable bonds is 2. The molecule has 0 unspecified atom stereocenters. The molecule has 1 saturated heterocycles. The van der Waals surface area contributed by atoms with E-state index in [1.54, 1.807) is 0 Å². The lowest BCUT2D eigenvalue weighted by Crippen LogP contribution is -2.39. The van der Waals surface area contributed by atoms with Crippen LogP contribution in [0.3, 0.4) is 0 Å². The molecule has 2 nitrogen and oxygen atoms in total. The standard InChI is InChI=1S/C12H22NOPS2/c1-9(2)10-6-7-12(3)11(8-10)14-15(16,17-12)13(4)5/h10-11H,1,6-8H2,2-5H3/t10-,11+,12+,15-/m0/s1. The molecule has 0 radical (unpaired) electrons. The first kappa shape index (κ1) is 14.1. The minimum atomic E-state index is -1.82. The third-order valence-electron chi connectivity index (χ3n) is 3.94. The van der Waals surface area contributed by atoms with E-state index in [2.05, 4.69) is 25.1 Å². The molecule has 4 atom stereocenters. The van der Waals surface area contributed by atoms with E-state index in [4.69, 9.17) is 16.3 Å². The summed E-state index contributed by atoms with van der Waals surface area (Å²) >= 11 is 7.66. The summed E-state index contributed by atoms with van der Waals surface area (Å²) in [6.07, 6.45) is 3.86. The Bertz CT molecular complexity index is 385. The molecule has 0 spiro atoms. The van der Waals surface area contributed by atoms with E-state index in [0.29, 0.717) is 12.0 Å². The average molecular weight is 291 g/mol. The highest BCUT2D eigenvalue weighted by Crippen LogP contribution is 2.75. The monoisotopic (exact) mass is 291 g/mol. The Morgan fingerprint density at radius 1 is 1.59 bits per heavy atom. The van der Waals surface area contributed by atoms with Crippen molar-refractivity contribution in [2.75, 3.05) is 14.1 Å². The van der Waals surface area contributed by atoms with Gasteiger partial charge in [-0.05, 0) is 64.9 Å². The Hall–Kier alpha value is 0.660. The minimum absolute atomic E-state index is 0.228. The minimum Gasteiger partial charge on any atom is -0.326 e. The molecule has 2 rings (SSSR count). The van der Waals surface area contributed by atoms with E-state index in [9.17, 15) is 0 Å². The van der Waals surface area contributed by atoms with Crippen molar-refractivity contribution >= 4 is 28.8 Å². The van der Waals surface area contributed by atoms with Gasteiger partial charge in [-0.25, -0.2) is 0 Å². The van der Waals surface area contributed by atoms with Crippen LogP contribution in [-0.4, -0.2) is 29.6 Å². The summed E-state index contributed by atoms with van der Waals surface area (Å²) in [4.78, 5) is 0. The van der Waals surface area contributed by atoms with Crippen LogP contribution in [0.25, 0.3) is 0 Å². The van der Waals surface area contributed by atoms with E-state index >= 15 is 0 Å². The van der Waals surface area contributed by atoms with Crippen LogP contribution >= 0.6 is 17.0 Å². The second kappa shape index (κ2) is 4.64. The second-order valence-corrected chi connectivity index (χ2v) is 12.9. The first-order valence-corrected chi connectivity index (χ1v) is 10.2. The molecule has 98 valence electrons. The molecular weight excluding hydrogens is 269 g/mol. The maximum atomic E-state index is 6.27. The van der Waals surface area contributed by atoms with Crippen molar-refractivity contribution in [3.63, 3.8) is 0 Å². The molecule has 1 aliphatic carbocycles. The number of nitrogens with zero attached hydrogens (tertiary/aromatic N) is 1. The van der Waals surface area contributed by atoms with Crippen LogP contribution < -0.4 is 0 Å². The van der Waals surface area contributed by atoms with Crippen molar-refractivity contribution in [1.29, 1.82) is 0 Å². The predicted molar refractivity (Wildman–Crippen MR) is 81.0 cm³/mol. The fourth-order valence-corrected chi connectivity index (χ4v) is 9.66. The van der Waals surface area contributed by atoms with Crippen LogP contribution in [0.4, 0.5) is 0 Å². The highest BCUT2D eigenvalue weighted by molar-refractivity contribution is 8.69. The van der Waals surface area contributed by atoms with Gasteiger partial charge in [-0.2, -0.15) is 0 Å². The first-order chi connectivity index (χ1) is 7.77. The largest absolute Gasteiger partial charge is 0.326 e. The lowest BCUT2D eigenvalue weighted by Gasteiger charge is -2.37. The van der Waals surface area contributed by atoms with Crippen LogP contribution in [0.1, 0.15) is 33.1 Å². The summed E-state index contributed by atoms with van der Waals surface area (Å²) in [5, 5.41) is 0. The SMILES string of the molecule is C=C(C)[C@H]1CC[C@@]2(C)S[P@@](=S)(N(C)C)O[C@@H]2C1.